The molecule has 6 heteroatoms. The molecule has 0 aliphatic carbocycles. The number of hydrogen-bond donors (Lipinski definition) is 2. The molecule has 1 aromatic carbocycles. The highest BCUT2D eigenvalue weighted by Gasteiger charge is 2.25. The van der Waals surface area contributed by atoms with Crippen molar-refractivity contribution in [2.75, 3.05) is 0 Å². The van der Waals surface area contributed by atoms with Crippen molar-refractivity contribution < 1.29 is 13.6 Å². The summed E-state index contributed by atoms with van der Waals surface area (Å²) >= 11 is 0. The van der Waals surface area contributed by atoms with Gasteiger partial charge in [0.2, 0.25) is 0 Å². The number of carbonyl (C=O) groups excluding carboxylic acids is 1. The summed E-state index contributed by atoms with van der Waals surface area (Å²) in [5.74, 6) is 0.0939. The van der Waals surface area contributed by atoms with Crippen LogP contribution in [0.25, 0.3) is 0 Å². The van der Waals surface area contributed by atoms with E-state index in [2.05, 4.69) is 10.3 Å². The summed E-state index contributed by atoms with van der Waals surface area (Å²) in [6.45, 7) is 0. The number of rotatable bonds is 2. The molecule has 0 fully saturated rings. The smallest absolute Gasteiger partial charge is 0.343 e. The molecule has 1 atom stereocenters. The predicted octanol–water partition coefficient (Wildman–Crippen LogP) is 1.75. The SMILES string of the molecule is NC1=NC(=O)NC1c1cccc(C(F)F)c1. The summed E-state index contributed by atoms with van der Waals surface area (Å²) in [5.41, 5.74) is 5.91. The number of urea groups is 1. The Morgan fingerprint density at radius 2 is 2.19 bits per heavy atom. The molecule has 0 spiro atoms. The molecule has 16 heavy (non-hydrogen) atoms. The molecule has 1 aliphatic heterocycles. The number of nitrogens with two attached hydrogens (primary N) is 1. The van der Waals surface area contributed by atoms with Gasteiger partial charge in [0.1, 0.15) is 11.9 Å². The first-order valence-electron chi connectivity index (χ1n) is 4.60. The molecule has 84 valence electrons. The lowest BCUT2D eigenvalue weighted by Gasteiger charge is -2.11. The van der Waals surface area contributed by atoms with Crippen molar-refractivity contribution >= 4 is 11.9 Å². The number of alkyl halides is 2. The average Bonchev–Trinajstić information content (AvgIpc) is 2.58. The Kier molecular flexibility index (Phi) is 2.55. The molecule has 1 unspecified atom stereocenters. The van der Waals surface area contributed by atoms with Crippen molar-refractivity contribution in [2.45, 2.75) is 12.5 Å². The van der Waals surface area contributed by atoms with E-state index in [9.17, 15) is 13.6 Å². The monoisotopic (exact) mass is 225 g/mol. The fourth-order valence-corrected chi connectivity index (χ4v) is 1.54. The highest BCUT2D eigenvalue weighted by atomic mass is 19.3. The number of aliphatic imine (C=N–C) groups is 1. The molecule has 0 saturated heterocycles. The molecule has 0 bridgehead atoms. The summed E-state index contributed by atoms with van der Waals surface area (Å²) in [5, 5.41) is 2.47. The van der Waals surface area contributed by atoms with E-state index in [-0.39, 0.29) is 11.4 Å². The second kappa shape index (κ2) is 3.88. The van der Waals surface area contributed by atoms with Gasteiger partial charge in [-0.25, -0.2) is 13.6 Å². The standard InChI is InChI=1S/C10H9F2N3O/c11-8(12)6-3-1-2-5(4-6)7-9(13)15-10(16)14-7/h1-4,7-8H,(H3,13,14,15,16). The van der Waals surface area contributed by atoms with Gasteiger partial charge < -0.3 is 11.1 Å². The molecular formula is C10H9F2N3O. The van der Waals surface area contributed by atoms with Crippen LogP contribution in [0, 0.1) is 0 Å². The summed E-state index contributed by atoms with van der Waals surface area (Å²) in [6, 6.07) is 4.58. The number of hydrogen-bond acceptors (Lipinski definition) is 2. The van der Waals surface area contributed by atoms with E-state index in [4.69, 9.17) is 5.73 Å². The number of amides is 2. The first-order chi connectivity index (χ1) is 7.58. The summed E-state index contributed by atoms with van der Waals surface area (Å²) in [4.78, 5) is 14.4. The van der Waals surface area contributed by atoms with Crippen LogP contribution in [0.2, 0.25) is 0 Å². The number of carbonyl (C=O) groups is 1. The van der Waals surface area contributed by atoms with Gasteiger partial charge in [-0.2, -0.15) is 4.99 Å². The van der Waals surface area contributed by atoms with Crippen molar-refractivity contribution in [2.24, 2.45) is 10.7 Å². The number of benzene rings is 1. The largest absolute Gasteiger partial charge is 0.385 e. The van der Waals surface area contributed by atoms with Crippen LogP contribution >= 0.6 is 0 Å². The van der Waals surface area contributed by atoms with Crippen LogP contribution in [0.15, 0.2) is 29.3 Å². The predicted molar refractivity (Wildman–Crippen MR) is 54.3 cm³/mol. The number of nitrogens with one attached hydrogen (secondary N) is 1. The molecule has 0 radical (unpaired) electrons. The normalized spacial score (nSPS) is 19.8. The Bertz CT molecular complexity index is 459. The van der Waals surface area contributed by atoms with Gasteiger partial charge in [0.25, 0.3) is 6.43 Å². The third-order valence-electron chi connectivity index (χ3n) is 2.29. The number of amidine groups is 1. The van der Waals surface area contributed by atoms with Crippen LogP contribution in [-0.4, -0.2) is 11.9 Å². The summed E-state index contributed by atoms with van der Waals surface area (Å²) in [6.07, 6.45) is -2.55. The van der Waals surface area contributed by atoms with Crippen molar-refractivity contribution in [1.82, 2.24) is 5.32 Å². The van der Waals surface area contributed by atoms with Crippen molar-refractivity contribution in [3.05, 3.63) is 35.4 Å². The zero-order valence-corrected chi connectivity index (χ0v) is 8.15. The molecule has 1 aliphatic rings. The zero-order valence-electron chi connectivity index (χ0n) is 8.15. The van der Waals surface area contributed by atoms with Crippen LogP contribution in [-0.2, 0) is 0 Å². The lowest BCUT2D eigenvalue weighted by molar-refractivity contribution is 0.151. The lowest BCUT2D eigenvalue weighted by atomic mass is 10.0. The van der Waals surface area contributed by atoms with Crippen LogP contribution in [0.5, 0.6) is 0 Å². The number of nitrogens with zero attached hydrogens (tertiary/aromatic N) is 1. The van der Waals surface area contributed by atoms with Gasteiger partial charge in [-0.05, 0) is 11.6 Å². The summed E-state index contributed by atoms with van der Waals surface area (Å²) in [7, 11) is 0. The van der Waals surface area contributed by atoms with E-state index in [0.717, 1.165) is 0 Å². The highest BCUT2D eigenvalue weighted by Crippen LogP contribution is 2.24. The van der Waals surface area contributed by atoms with Gasteiger partial charge in [0.15, 0.2) is 0 Å². The topological polar surface area (TPSA) is 67.5 Å². The fraction of sp³-hybridized carbons (Fsp3) is 0.200. The fourth-order valence-electron chi connectivity index (χ4n) is 1.54. The Balaban J connectivity index is 2.31. The highest BCUT2D eigenvalue weighted by molar-refractivity contribution is 6.03. The number of halogens is 2. The molecule has 3 N–H and O–H groups in total. The van der Waals surface area contributed by atoms with E-state index in [0.29, 0.717) is 5.56 Å². The molecule has 1 aromatic rings. The van der Waals surface area contributed by atoms with Crippen molar-refractivity contribution in [1.29, 1.82) is 0 Å². The molecular weight excluding hydrogens is 216 g/mol. The minimum atomic E-state index is -2.55. The van der Waals surface area contributed by atoms with E-state index in [1.165, 1.54) is 18.2 Å². The molecule has 0 saturated carbocycles. The Morgan fingerprint density at radius 1 is 1.44 bits per heavy atom. The van der Waals surface area contributed by atoms with E-state index in [1.807, 2.05) is 0 Å². The van der Waals surface area contributed by atoms with E-state index < -0.39 is 18.5 Å². The molecule has 2 amide bonds. The summed E-state index contributed by atoms with van der Waals surface area (Å²) < 4.78 is 24.9. The maximum Gasteiger partial charge on any atom is 0.343 e. The van der Waals surface area contributed by atoms with Crippen molar-refractivity contribution in [3.8, 4) is 0 Å². The van der Waals surface area contributed by atoms with Crippen LogP contribution in [0.1, 0.15) is 23.6 Å². The Hall–Kier alpha value is -1.98. The van der Waals surface area contributed by atoms with Gasteiger partial charge in [0, 0.05) is 5.56 Å². The van der Waals surface area contributed by atoms with Gasteiger partial charge in [-0.1, -0.05) is 18.2 Å². The van der Waals surface area contributed by atoms with Crippen LogP contribution < -0.4 is 11.1 Å². The third-order valence-corrected chi connectivity index (χ3v) is 2.29. The maximum atomic E-state index is 12.5. The zero-order chi connectivity index (χ0) is 11.7. The van der Waals surface area contributed by atoms with Crippen LogP contribution in [0.4, 0.5) is 13.6 Å². The molecule has 4 nitrogen and oxygen atoms in total. The second-order valence-electron chi connectivity index (χ2n) is 3.39. The van der Waals surface area contributed by atoms with Gasteiger partial charge in [0.05, 0.1) is 0 Å². The minimum absolute atomic E-state index is 0.0939. The lowest BCUT2D eigenvalue weighted by Crippen LogP contribution is -2.27. The Morgan fingerprint density at radius 3 is 2.75 bits per heavy atom. The van der Waals surface area contributed by atoms with Crippen LogP contribution in [0.3, 0.4) is 0 Å². The quantitative estimate of drug-likeness (QED) is 0.805. The first-order valence-corrected chi connectivity index (χ1v) is 4.60. The van der Waals surface area contributed by atoms with Gasteiger partial charge in [-0.15, -0.1) is 0 Å². The molecule has 0 aromatic heterocycles. The van der Waals surface area contributed by atoms with Gasteiger partial charge in [-0.3, -0.25) is 0 Å². The molecule has 1 heterocycles. The first kappa shape index (κ1) is 10.5. The maximum absolute atomic E-state index is 12.5. The Labute approximate surface area is 90.2 Å². The second-order valence-corrected chi connectivity index (χ2v) is 3.39. The van der Waals surface area contributed by atoms with E-state index in [1.54, 1.807) is 6.07 Å². The average molecular weight is 225 g/mol. The third kappa shape index (κ3) is 1.86. The van der Waals surface area contributed by atoms with Crippen molar-refractivity contribution in [3.63, 3.8) is 0 Å². The minimum Gasteiger partial charge on any atom is -0.385 e. The van der Waals surface area contributed by atoms with E-state index >= 15 is 0 Å². The van der Waals surface area contributed by atoms with Gasteiger partial charge >= 0.3 is 6.03 Å². The molecule has 2 rings (SSSR count).